The molecule has 0 aliphatic carbocycles. The van der Waals surface area contributed by atoms with Crippen LogP contribution < -0.4 is 0 Å². The number of halogens is 2. The molecule has 2 heterocycles. The molecule has 0 amide bonds. The van der Waals surface area contributed by atoms with Gasteiger partial charge in [0.25, 0.3) is 5.89 Å². The van der Waals surface area contributed by atoms with Crippen LogP contribution in [0.3, 0.4) is 0 Å². The predicted molar refractivity (Wildman–Crippen MR) is 94.5 cm³/mol. The number of benzene rings is 2. The first kappa shape index (κ1) is 16.4. The Kier molecular flexibility index (Phi) is 4.00. The Bertz CT molecular complexity index is 1100. The van der Waals surface area contributed by atoms with Gasteiger partial charge in [0.05, 0.1) is 16.4 Å². The number of rotatable bonds is 3. The van der Waals surface area contributed by atoms with Crippen molar-refractivity contribution < 1.29 is 8.91 Å². The minimum Gasteiger partial charge on any atom is -0.332 e. The molecule has 0 unspecified atom stereocenters. The second-order valence-corrected chi connectivity index (χ2v) is 6.18. The van der Waals surface area contributed by atoms with Crippen molar-refractivity contribution >= 4 is 11.6 Å². The largest absolute Gasteiger partial charge is 0.332 e. The smallest absolute Gasteiger partial charge is 0.280 e. The standard InChI is InChI=1S/C18H13ClFN5O/c1-10-7-8-12(9-15(10)20)25-11(2)16(22-24-25)18-21-17(23-26-18)13-5-3-4-6-14(13)19/h3-9H,1-2H3. The van der Waals surface area contributed by atoms with E-state index in [0.717, 1.165) is 0 Å². The molecule has 0 aliphatic heterocycles. The Morgan fingerprint density at radius 3 is 2.69 bits per heavy atom. The first-order chi connectivity index (χ1) is 12.5. The lowest BCUT2D eigenvalue weighted by Crippen LogP contribution is -2.00. The Morgan fingerprint density at radius 2 is 1.92 bits per heavy atom. The fourth-order valence-corrected chi connectivity index (χ4v) is 2.78. The van der Waals surface area contributed by atoms with E-state index in [4.69, 9.17) is 16.1 Å². The summed E-state index contributed by atoms with van der Waals surface area (Å²) < 4.78 is 20.7. The van der Waals surface area contributed by atoms with Crippen LogP contribution in [0.15, 0.2) is 47.0 Å². The average molecular weight is 370 g/mol. The normalized spacial score (nSPS) is 11.1. The van der Waals surface area contributed by atoms with E-state index in [1.165, 1.54) is 10.7 Å². The van der Waals surface area contributed by atoms with Crippen molar-refractivity contribution in [3.05, 3.63) is 64.6 Å². The van der Waals surface area contributed by atoms with Gasteiger partial charge >= 0.3 is 0 Å². The molecule has 0 radical (unpaired) electrons. The number of hydrogen-bond acceptors (Lipinski definition) is 5. The summed E-state index contributed by atoms with van der Waals surface area (Å²) in [6.07, 6.45) is 0. The van der Waals surface area contributed by atoms with E-state index < -0.39 is 0 Å². The monoisotopic (exact) mass is 369 g/mol. The highest BCUT2D eigenvalue weighted by Gasteiger charge is 2.20. The van der Waals surface area contributed by atoms with Gasteiger partial charge in [0.2, 0.25) is 5.82 Å². The summed E-state index contributed by atoms with van der Waals surface area (Å²) in [5.74, 6) is 0.273. The van der Waals surface area contributed by atoms with Crippen LogP contribution in [-0.4, -0.2) is 25.1 Å². The molecular weight excluding hydrogens is 357 g/mol. The average Bonchev–Trinajstić information content (AvgIpc) is 3.24. The molecule has 2 aromatic heterocycles. The van der Waals surface area contributed by atoms with Gasteiger partial charge in [-0.25, -0.2) is 9.07 Å². The Balaban J connectivity index is 1.73. The zero-order chi connectivity index (χ0) is 18.3. The number of aromatic nitrogens is 5. The third-order valence-electron chi connectivity index (χ3n) is 4.04. The summed E-state index contributed by atoms with van der Waals surface area (Å²) in [5, 5.41) is 12.7. The van der Waals surface area contributed by atoms with Crippen molar-refractivity contribution in [2.75, 3.05) is 0 Å². The van der Waals surface area contributed by atoms with E-state index in [1.807, 2.05) is 12.1 Å². The molecule has 2 aromatic carbocycles. The molecule has 0 fully saturated rings. The second-order valence-electron chi connectivity index (χ2n) is 5.77. The van der Waals surface area contributed by atoms with Crippen molar-refractivity contribution in [2.24, 2.45) is 0 Å². The highest BCUT2D eigenvalue weighted by Crippen LogP contribution is 2.28. The van der Waals surface area contributed by atoms with E-state index >= 15 is 0 Å². The molecule has 6 nitrogen and oxygen atoms in total. The summed E-state index contributed by atoms with van der Waals surface area (Å²) in [4.78, 5) is 4.36. The zero-order valence-electron chi connectivity index (χ0n) is 13.9. The van der Waals surface area contributed by atoms with Gasteiger partial charge in [-0.15, -0.1) is 5.10 Å². The van der Waals surface area contributed by atoms with E-state index in [0.29, 0.717) is 39.0 Å². The number of nitrogens with zero attached hydrogens (tertiary/aromatic N) is 5. The van der Waals surface area contributed by atoms with Crippen molar-refractivity contribution in [1.29, 1.82) is 0 Å². The lowest BCUT2D eigenvalue weighted by atomic mass is 10.2. The van der Waals surface area contributed by atoms with E-state index in [1.54, 1.807) is 38.1 Å². The van der Waals surface area contributed by atoms with E-state index in [9.17, 15) is 4.39 Å². The van der Waals surface area contributed by atoms with Crippen LogP contribution in [0.1, 0.15) is 11.3 Å². The van der Waals surface area contributed by atoms with Crippen molar-refractivity contribution in [1.82, 2.24) is 25.1 Å². The highest BCUT2D eigenvalue weighted by atomic mass is 35.5. The van der Waals surface area contributed by atoms with Crippen LogP contribution in [0.5, 0.6) is 0 Å². The van der Waals surface area contributed by atoms with Crippen LogP contribution >= 0.6 is 11.6 Å². The van der Waals surface area contributed by atoms with Crippen LogP contribution in [0.25, 0.3) is 28.7 Å². The molecule has 8 heteroatoms. The minimum atomic E-state index is -0.308. The quantitative estimate of drug-likeness (QED) is 0.535. The summed E-state index contributed by atoms with van der Waals surface area (Å²) in [6.45, 7) is 3.50. The Hall–Kier alpha value is -3.06. The summed E-state index contributed by atoms with van der Waals surface area (Å²) in [5.41, 5.74) is 2.87. The lowest BCUT2D eigenvalue weighted by Gasteiger charge is -2.04. The van der Waals surface area contributed by atoms with Gasteiger partial charge in [-0.2, -0.15) is 4.98 Å². The first-order valence-electron chi connectivity index (χ1n) is 7.82. The fourth-order valence-electron chi connectivity index (χ4n) is 2.56. The molecule has 0 aliphatic rings. The first-order valence-corrected chi connectivity index (χ1v) is 8.20. The van der Waals surface area contributed by atoms with Crippen LogP contribution in [0.4, 0.5) is 4.39 Å². The zero-order valence-corrected chi connectivity index (χ0v) is 14.7. The van der Waals surface area contributed by atoms with Crippen LogP contribution in [0.2, 0.25) is 5.02 Å². The van der Waals surface area contributed by atoms with E-state index in [-0.39, 0.29) is 11.7 Å². The van der Waals surface area contributed by atoms with Gasteiger partial charge in [0.1, 0.15) is 5.82 Å². The van der Waals surface area contributed by atoms with Crippen molar-refractivity contribution in [3.63, 3.8) is 0 Å². The fraction of sp³-hybridized carbons (Fsp3) is 0.111. The number of aryl methyl sites for hydroxylation is 1. The maximum Gasteiger partial charge on any atom is 0.280 e. The van der Waals surface area contributed by atoms with Crippen LogP contribution in [0, 0.1) is 19.7 Å². The maximum absolute atomic E-state index is 13.8. The molecule has 26 heavy (non-hydrogen) atoms. The predicted octanol–water partition coefficient (Wildman–Crippen LogP) is 4.39. The van der Waals surface area contributed by atoms with Gasteiger partial charge in [0.15, 0.2) is 5.69 Å². The molecule has 4 rings (SSSR count). The third-order valence-corrected chi connectivity index (χ3v) is 4.37. The molecule has 0 saturated heterocycles. The molecule has 0 atom stereocenters. The van der Waals surface area contributed by atoms with Gasteiger partial charge in [-0.1, -0.05) is 40.2 Å². The Morgan fingerprint density at radius 1 is 1.12 bits per heavy atom. The summed E-state index contributed by atoms with van der Waals surface area (Å²) in [6, 6.07) is 12.1. The topological polar surface area (TPSA) is 69.6 Å². The van der Waals surface area contributed by atoms with Gasteiger partial charge in [0, 0.05) is 5.56 Å². The summed E-state index contributed by atoms with van der Waals surface area (Å²) in [7, 11) is 0. The molecular formula is C18H13ClFN5O. The van der Waals surface area contributed by atoms with Crippen LogP contribution in [-0.2, 0) is 0 Å². The van der Waals surface area contributed by atoms with Gasteiger partial charge < -0.3 is 4.52 Å². The van der Waals surface area contributed by atoms with E-state index in [2.05, 4.69) is 20.5 Å². The summed E-state index contributed by atoms with van der Waals surface area (Å²) >= 11 is 6.17. The van der Waals surface area contributed by atoms with Crippen molar-refractivity contribution in [3.8, 4) is 28.7 Å². The molecule has 130 valence electrons. The van der Waals surface area contributed by atoms with Crippen molar-refractivity contribution in [2.45, 2.75) is 13.8 Å². The molecule has 0 N–H and O–H groups in total. The van der Waals surface area contributed by atoms with Gasteiger partial charge in [-0.05, 0) is 43.7 Å². The molecule has 4 aromatic rings. The minimum absolute atomic E-state index is 0.219. The SMILES string of the molecule is Cc1ccc(-n2nnc(-c3nc(-c4ccccc4Cl)no3)c2C)cc1F. The third kappa shape index (κ3) is 2.76. The second kappa shape index (κ2) is 6.34. The Labute approximate surface area is 153 Å². The number of hydrogen-bond donors (Lipinski definition) is 0. The van der Waals surface area contributed by atoms with Gasteiger partial charge in [-0.3, -0.25) is 0 Å². The highest BCUT2D eigenvalue weighted by molar-refractivity contribution is 6.33. The molecule has 0 saturated carbocycles. The molecule has 0 bridgehead atoms. The maximum atomic E-state index is 13.8. The molecule has 0 spiro atoms. The lowest BCUT2D eigenvalue weighted by molar-refractivity contribution is 0.430.